The number of quaternary nitrogens is 1. The molecule has 7 nitrogen and oxygen atoms in total. The van der Waals surface area contributed by atoms with Crippen LogP contribution in [0.15, 0.2) is 24.3 Å². The lowest BCUT2D eigenvalue weighted by Gasteiger charge is -2.25. The average Bonchev–Trinajstić information content (AvgIpc) is 2.88. The summed E-state index contributed by atoms with van der Waals surface area (Å²) >= 11 is 0. The maximum absolute atomic E-state index is 12.2. The summed E-state index contributed by atoms with van der Waals surface area (Å²) in [6.45, 7) is 3.97. The topological polar surface area (TPSA) is 74.2 Å². The Kier molecular flexibility index (Phi) is 27.0. The first-order chi connectivity index (χ1) is 19.2. The van der Waals surface area contributed by atoms with E-state index >= 15 is 0 Å². The summed E-state index contributed by atoms with van der Waals surface area (Å²) in [7, 11) is 3.36. The van der Waals surface area contributed by atoms with E-state index in [2.05, 4.69) is 31.2 Å². The molecule has 0 bridgehead atoms. The molecular formula is C32H65NO6P+. The van der Waals surface area contributed by atoms with Gasteiger partial charge in [-0.15, -0.1) is 0 Å². The van der Waals surface area contributed by atoms with Crippen LogP contribution in [0.3, 0.4) is 0 Å². The van der Waals surface area contributed by atoms with E-state index in [0.29, 0.717) is 17.6 Å². The zero-order chi connectivity index (χ0) is 29.8. The summed E-state index contributed by atoms with van der Waals surface area (Å²) in [6, 6.07) is 0. The Balaban J connectivity index is 3.59. The lowest BCUT2D eigenvalue weighted by atomic mass is 10.1. The Morgan fingerprint density at radius 3 is 1.65 bits per heavy atom. The summed E-state index contributed by atoms with van der Waals surface area (Å²) in [5.74, 6) is 0. The van der Waals surface area contributed by atoms with E-state index in [1.807, 2.05) is 21.1 Å². The van der Waals surface area contributed by atoms with Gasteiger partial charge >= 0.3 is 7.82 Å². The standard InChI is InChI=1S/C32H64NO6P/c1-6-7-8-9-10-11-12-13-14-15-16-17-18-19-20-21-22-23-24-25-26-28-37-31-32(30-36-5)39-40(34,35)38-29-27-33(2,3)4/h9-10,21-22,32H,6-8,11-20,23-31H2,1-5H3/p+1/t32-/m0/s1. The van der Waals surface area contributed by atoms with Crippen LogP contribution in [-0.2, 0) is 23.1 Å². The highest BCUT2D eigenvalue weighted by molar-refractivity contribution is 7.47. The second-order valence-corrected chi connectivity index (χ2v) is 13.3. The van der Waals surface area contributed by atoms with E-state index in [1.54, 1.807) is 0 Å². The van der Waals surface area contributed by atoms with E-state index in [1.165, 1.54) is 90.6 Å². The lowest BCUT2D eigenvalue weighted by Crippen LogP contribution is -2.37. The number of phosphoric acid groups is 1. The highest BCUT2D eigenvalue weighted by Crippen LogP contribution is 2.44. The van der Waals surface area contributed by atoms with Crippen molar-refractivity contribution in [1.82, 2.24) is 0 Å². The van der Waals surface area contributed by atoms with Crippen molar-refractivity contribution in [3.63, 3.8) is 0 Å². The average molecular weight is 591 g/mol. The molecule has 238 valence electrons. The predicted octanol–water partition coefficient (Wildman–Crippen LogP) is 8.62. The lowest BCUT2D eigenvalue weighted by molar-refractivity contribution is -0.870. The summed E-state index contributed by atoms with van der Waals surface area (Å²) in [6.07, 6.45) is 30.4. The Hall–Kier alpha value is -0.530. The van der Waals surface area contributed by atoms with Gasteiger partial charge in [-0.3, -0.25) is 9.05 Å². The maximum Gasteiger partial charge on any atom is 0.472 e. The van der Waals surface area contributed by atoms with E-state index in [-0.39, 0.29) is 19.8 Å². The minimum atomic E-state index is -4.14. The number of likely N-dealkylation sites (N-methyl/N-ethyl adjacent to an activating group) is 1. The first-order valence-corrected chi connectivity index (χ1v) is 17.5. The number of methoxy groups -OCH3 is 1. The number of nitrogens with zero attached hydrogens (tertiary/aromatic N) is 1. The molecule has 8 heteroatoms. The summed E-state index contributed by atoms with van der Waals surface area (Å²) in [5.41, 5.74) is 0. The first kappa shape index (κ1) is 39.5. The summed E-state index contributed by atoms with van der Waals surface area (Å²) < 4.78 is 34.0. The van der Waals surface area contributed by atoms with Crippen LogP contribution >= 0.6 is 7.82 Å². The van der Waals surface area contributed by atoms with Gasteiger partial charge in [0.25, 0.3) is 0 Å². The molecule has 0 saturated carbocycles. The van der Waals surface area contributed by atoms with Crippen LogP contribution in [-0.4, -0.2) is 76.7 Å². The molecule has 0 heterocycles. The molecule has 0 fully saturated rings. The van der Waals surface area contributed by atoms with Crippen LogP contribution in [0.4, 0.5) is 0 Å². The van der Waals surface area contributed by atoms with Gasteiger partial charge in [0.1, 0.15) is 19.3 Å². The van der Waals surface area contributed by atoms with Crippen LogP contribution in [0.5, 0.6) is 0 Å². The second-order valence-electron chi connectivity index (χ2n) is 11.9. The molecule has 0 aliphatic heterocycles. The van der Waals surface area contributed by atoms with Crippen LogP contribution in [0.25, 0.3) is 0 Å². The fourth-order valence-electron chi connectivity index (χ4n) is 4.18. The minimum absolute atomic E-state index is 0.143. The number of ether oxygens (including phenoxy) is 2. The van der Waals surface area contributed by atoms with Gasteiger partial charge in [-0.1, -0.05) is 89.0 Å². The molecule has 0 aromatic heterocycles. The molecule has 0 rings (SSSR count). The van der Waals surface area contributed by atoms with Gasteiger partial charge in [-0.05, 0) is 51.4 Å². The molecule has 0 aromatic rings. The Morgan fingerprint density at radius 1 is 0.700 bits per heavy atom. The molecule has 40 heavy (non-hydrogen) atoms. The van der Waals surface area contributed by atoms with E-state index in [9.17, 15) is 9.46 Å². The van der Waals surface area contributed by atoms with Gasteiger partial charge in [0, 0.05) is 13.7 Å². The number of unbranched alkanes of at least 4 members (excludes halogenated alkanes) is 14. The number of allylic oxidation sites excluding steroid dienone is 4. The molecule has 0 spiro atoms. The van der Waals surface area contributed by atoms with Crippen LogP contribution in [0, 0.1) is 0 Å². The Labute approximate surface area is 247 Å². The highest BCUT2D eigenvalue weighted by Gasteiger charge is 2.27. The number of hydrogen-bond acceptors (Lipinski definition) is 5. The molecule has 1 N–H and O–H groups in total. The molecule has 0 aliphatic carbocycles. The fraction of sp³-hybridized carbons (Fsp3) is 0.875. The third kappa shape index (κ3) is 30.4. The molecular weight excluding hydrogens is 525 g/mol. The largest absolute Gasteiger partial charge is 0.472 e. The quantitative estimate of drug-likeness (QED) is 0.0391. The normalized spacial score (nSPS) is 14.8. The van der Waals surface area contributed by atoms with Crippen molar-refractivity contribution >= 4 is 7.82 Å². The molecule has 2 atom stereocenters. The van der Waals surface area contributed by atoms with E-state index in [0.717, 1.165) is 25.7 Å². The highest BCUT2D eigenvalue weighted by atomic mass is 31.2. The van der Waals surface area contributed by atoms with Gasteiger partial charge in [0.05, 0.1) is 34.4 Å². The third-order valence-corrected chi connectivity index (χ3v) is 7.74. The van der Waals surface area contributed by atoms with Gasteiger partial charge < -0.3 is 18.9 Å². The minimum Gasteiger partial charge on any atom is -0.382 e. The fourth-order valence-corrected chi connectivity index (χ4v) is 5.05. The van der Waals surface area contributed by atoms with Crippen molar-refractivity contribution in [3.8, 4) is 0 Å². The molecule has 0 aromatic carbocycles. The predicted molar refractivity (Wildman–Crippen MR) is 169 cm³/mol. The number of rotatable bonds is 30. The van der Waals surface area contributed by atoms with Crippen molar-refractivity contribution in [3.05, 3.63) is 24.3 Å². The van der Waals surface area contributed by atoms with Gasteiger partial charge in [0.15, 0.2) is 0 Å². The molecule has 0 radical (unpaired) electrons. The SMILES string of the molecule is CCCCC=CCCCCCCCCCCC=CCCCCCOC[C@H](COC)OP(=O)(O)OCC[N+](C)(C)C. The van der Waals surface area contributed by atoms with E-state index in [4.69, 9.17) is 18.5 Å². The number of hydrogen-bond donors (Lipinski definition) is 1. The Bertz CT molecular complexity index is 650. The first-order valence-electron chi connectivity index (χ1n) is 16.0. The molecule has 0 saturated heterocycles. The smallest absolute Gasteiger partial charge is 0.382 e. The molecule has 1 unspecified atom stereocenters. The van der Waals surface area contributed by atoms with Crippen molar-refractivity contribution in [2.24, 2.45) is 0 Å². The molecule has 0 aliphatic rings. The van der Waals surface area contributed by atoms with Crippen molar-refractivity contribution < 1.29 is 32.5 Å². The summed E-state index contributed by atoms with van der Waals surface area (Å²) in [5, 5.41) is 0. The maximum atomic E-state index is 12.2. The van der Waals surface area contributed by atoms with Gasteiger partial charge in [0.2, 0.25) is 0 Å². The van der Waals surface area contributed by atoms with Crippen molar-refractivity contribution in [1.29, 1.82) is 0 Å². The zero-order valence-corrected chi connectivity index (χ0v) is 27.7. The zero-order valence-electron chi connectivity index (χ0n) is 26.8. The Morgan fingerprint density at radius 2 is 1.18 bits per heavy atom. The van der Waals surface area contributed by atoms with Crippen LogP contribution in [0.1, 0.15) is 116 Å². The van der Waals surface area contributed by atoms with Gasteiger partial charge in [-0.2, -0.15) is 0 Å². The van der Waals surface area contributed by atoms with E-state index < -0.39 is 13.9 Å². The van der Waals surface area contributed by atoms with Crippen LogP contribution in [0.2, 0.25) is 0 Å². The van der Waals surface area contributed by atoms with Gasteiger partial charge in [-0.25, -0.2) is 4.57 Å². The second kappa shape index (κ2) is 27.3. The van der Waals surface area contributed by atoms with Crippen LogP contribution < -0.4 is 0 Å². The number of phosphoric ester groups is 1. The third-order valence-electron chi connectivity index (χ3n) is 6.66. The molecule has 0 amide bonds. The summed E-state index contributed by atoms with van der Waals surface area (Å²) in [4.78, 5) is 9.98. The van der Waals surface area contributed by atoms with Crippen molar-refractivity contribution in [2.45, 2.75) is 122 Å². The van der Waals surface area contributed by atoms with Crippen molar-refractivity contribution in [2.75, 3.05) is 61.2 Å². The monoisotopic (exact) mass is 590 g/mol.